The van der Waals surface area contributed by atoms with Gasteiger partial charge in [-0.3, -0.25) is 4.79 Å². The van der Waals surface area contributed by atoms with Crippen molar-refractivity contribution in [1.82, 2.24) is 10.3 Å². The number of hydrogen-bond acceptors (Lipinski definition) is 4. The quantitative estimate of drug-likeness (QED) is 0.715. The van der Waals surface area contributed by atoms with Crippen LogP contribution >= 0.6 is 11.3 Å². The van der Waals surface area contributed by atoms with E-state index in [4.69, 9.17) is 4.74 Å². The van der Waals surface area contributed by atoms with Crippen LogP contribution < -0.4 is 10.1 Å². The van der Waals surface area contributed by atoms with Crippen LogP contribution in [0.15, 0.2) is 48.5 Å². The second kappa shape index (κ2) is 7.93. The summed E-state index contributed by atoms with van der Waals surface area (Å²) in [6.45, 7) is 0.626. The molecule has 1 heterocycles. The number of amides is 1. The van der Waals surface area contributed by atoms with E-state index in [0.717, 1.165) is 34.7 Å². The van der Waals surface area contributed by atoms with Gasteiger partial charge < -0.3 is 10.1 Å². The molecule has 24 heavy (non-hydrogen) atoms. The molecule has 2 aromatic carbocycles. The third-order valence-electron chi connectivity index (χ3n) is 3.80. The summed E-state index contributed by atoms with van der Waals surface area (Å²) in [6.07, 6.45) is 2.00. The first kappa shape index (κ1) is 16.5. The first-order valence-corrected chi connectivity index (χ1v) is 8.80. The number of thiazole rings is 1. The minimum atomic E-state index is 0.0759. The predicted molar refractivity (Wildman–Crippen MR) is 97.6 cm³/mol. The molecule has 0 atom stereocenters. The Labute approximate surface area is 145 Å². The minimum Gasteiger partial charge on any atom is -0.497 e. The Hall–Kier alpha value is -2.40. The number of rotatable bonds is 7. The molecule has 0 aliphatic rings. The van der Waals surface area contributed by atoms with E-state index < -0.39 is 0 Å². The number of nitrogens with one attached hydrogen (secondary N) is 1. The molecule has 0 aliphatic heterocycles. The number of benzene rings is 2. The number of ether oxygens (including phenoxy) is 1. The molecule has 5 heteroatoms. The van der Waals surface area contributed by atoms with Crippen molar-refractivity contribution in [3.8, 4) is 5.75 Å². The third kappa shape index (κ3) is 4.32. The van der Waals surface area contributed by atoms with Gasteiger partial charge in [-0.25, -0.2) is 4.98 Å². The van der Waals surface area contributed by atoms with Crippen LogP contribution in [0, 0.1) is 0 Å². The molecule has 0 aliphatic carbocycles. The number of nitrogens with zero attached hydrogens (tertiary/aromatic N) is 1. The molecule has 0 spiro atoms. The maximum absolute atomic E-state index is 11.9. The van der Waals surface area contributed by atoms with Gasteiger partial charge in [0.15, 0.2) is 0 Å². The Morgan fingerprint density at radius 2 is 1.92 bits per heavy atom. The average molecular weight is 340 g/mol. The zero-order chi connectivity index (χ0) is 16.8. The van der Waals surface area contributed by atoms with Crippen LogP contribution in [0.5, 0.6) is 5.75 Å². The molecule has 0 bridgehead atoms. The second-order valence-electron chi connectivity index (χ2n) is 5.52. The fourth-order valence-corrected chi connectivity index (χ4v) is 3.44. The standard InChI is InChI=1S/C19H20N2O2S/c1-23-15-9-6-14(7-10-15)8-11-18(22)20-13-12-19-21-16-4-2-3-5-17(16)24-19/h2-7,9-10H,8,11-13H2,1H3,(H,20,22). The van der Waals surface area contributed by atoms with Crippen LogP contribution in [0.2, 0.25) is 0 Å². The molecule has 124 valence electrons. The second-order valence-corrected chi connectivity index (χ2v) is 6.64. The van der Waals surface area contributed by atoms with Crippen molar-refractivity contribution in [2.75, 3.05) is 13.7 Å². The van der Waals surface area contributed by atoms with Crippen LogP contribution in [0.1, 0.15) is 17.0 Å². The molecule has 0 saturated heterocycles. The molecule has 0 fully saturated rings. The van der Waals surface area contributed by atoms with E-state index in [1.54, 1.807) is 18.4 Å². The maximum Gasteiger partial charge on any atom is 0.220 e. The highest BCUT2D eigenvalue weighted by atomic mass is 32.1. The molecule has 0 unspecified atom stereocenters. The number of methoxy groups -OCH3 is 1. The van der Waals surface area contributed by atoms with Gasteiger partial charge in [0.2, 0.25) is 5.91 Å². The van der Waals surface area contributed by atoms with Gasteiger partial charge in [-0.05, 0) is 36.2 Å². The van der Waals surface area contributed by atoms with Gasteiger partial charge in [0, 0.05) is 19.4 Å². The first-order chi connectivity index (χ1) is 11.7. The van der Waals surface area contributed by atoms with Crippen molar-refractivity contribution >= 4 is 27.5 Å². The molecule has 3 rings (SSSR count). The Bertz CT molecular complexity index is 779. The number of fused-ring (bicyclic) bond motifs is 1. The predicted octanol–water partition coefficient (Wildman–Crippen LogP) is 3.60. The molecule has 0 saturated carbocycles. The lowest BCUT2D eigenvalue weighted by Gasteiger charge is -2.05. The van der Waals surface area contributed by atoms with Crippen LogP contribution in [0.4, 0.5) is 0 Å². The van der Waals surface area contributed by atoms with E-state index in [0.29, 0.717) is 13.0 Å². The van der Waals surface area contributed by atoms with E-state index in [9.17, 15) is 4.79 Å². The lowest BCUT2D eigenvalue weighted by molar-refractivity contribution is -0.121. The summed E-state index contributed by atoms with van der Waals surface area (Å²) in [7, 11) is 1.65. The molecule has 3 aromatic rings. The molecular weight excluding hydrogens is 320 g/mol. The van der Waals surface area contributed by atoms with E-state index in [-0.39, 0.29) is 5.91 Å². The zero-order valence-corrected chi connectivity index (χ0v) is 14.4. The summed E-state index contributed by atoms with van der Waals surface area (Å²) >= 11 is 1.69. The first-order valence-electron chi connectivity index (χ1n) is 7.98. The molecule has 4 nitrogen and oxygen atoms in total. The molecule has 0 radical (unpaired) electrons. The summed E-state index contributed by atoms with van der Waals surface area (Å²) in [6, 6.07) is 15.9. The van der Waals surface area contributed by atoms with Crippen molar-refractivity contribution in [2.45, 2.75) is 19.3 Å². The van der Waals surface area contributed by atoms with Gasteiger partial charge in [-0.2, -0.15) is 0 Å². The molecule has 1 N–H and O–H groups in total. The van der Waals surface area contributed by atoms with Crippen LogP contribution in [0.25, 0.3) is 10.2 Å². The normalized spacial score (nSPS) is 10.7. The largest absolute Gasteiger partial charge is 0.497 e. The molecule has 1 aromatic heterocycles. The molecule has 1 amide bonds. The van der Waals surface area contributed by atoms with Crippen molar-refractivity contribution in [3.63, 3.8) is 0 Å². The summed E-state index contributed by atoms with van der Waals surface area (Å²) in [5.41, 5.74) is 2.17. The average Bonchev–Trinajstić information content (AvgIpc) is 3.03. The number of hydrogen-bond donors (Lipinski definition) is 1. The molecular formula is C19H20N2O2S. The Kier molecular flexibility index (Phi) is 5.43. The van der Waals surface area contributed by atoms with E-state index >= 15 is 0 Å². The Morgan fingerprint density at radius 3 is 2.67 bits per heavy atom. The zero-order valence-electron chi connectivity index (χ0n) is 13.6. The van der Waals surface area contributed by atoms with Gasteiger partial charge in [0.25, 0.3) is 0 Å². The lowest BCUT2D eigenvalue weighted by atomic mass is 10.1. The number of aromatic nitrogens is 1. The lowest BCUT2D eigenvalue weighted by Crippen LogP contribution is -2.25. The monoisotopic (exact) mass is 340 g/mol. The van der Waals surface area contributed by atoms with Gasteiger partial charge in [-0.1, -0.05) is 24.3 Å². The summed E-state index contributed by atoms with van der Waals surface area (Å²) in [5.74, 6) is 0.908. The van der Waals surface area contributed by atoms with E-state index in [1.165, 1.54) is 4.70 Å². The van der Waals surface area contributed by atoms with Crippen LogP contribution in [-0.2, 0) is 17.6 Å². The van der Waals surface area contributed by atoms with Gasteiger partial charge >= 0.3 is 0 Å². The van der Waals surface area contributed by atoms with Crippen LogP contribution in [0.3, 0.4) is 0 Å². The highest BCUT2D eigenvalue weighted by Gasteiger charge is 2.05. The van der Waals surface area contributed by atoms with Crippen molar-refractivity contribution in [3.05, 3.63) is 59.1 Å². The maximum atomic E-state index is 11.9. The number of aryl methyl sites for hydroxylation is 1. The topological polar surface area (TPSA) is 51.2 Å². The smallest absolute Gasteiger partial charge is 0.220 e. The summed E-state index contributed by atoms with van der Waals surface area (Å²) in [4.78, 5) is 16.5. The van der Waals surface area contributed by atoms with Gasteiger partial charge in [0.1, 0.15) is 5.75 Å². The van der Waals surface area contributed by atoms with E-state index in [2.05, 4.69) is 16.4 Å². The highest BCUT2D eigenvalue weighted by Crippen LogP contribution is 2.21. The SMILES string of the molecule is COc1ccc(CCC(=O)NCCc2nc3ccccc3s2)cc1. The highest BCUT2D eigenvalue weighted by molar-refractivity contribution is 7.18. The third-order valence-corrected chi connectivity index (χ3v) is 4.90. The van der Waals surface area contributed by atoms with Gasteiger partial charge in [-0.15, -0.1) is 11.3 Å². The van der Waals surface area contributed by atoms with Crippen molar-refractivity contribution in [2.24, 2.45) is 0 Å². The summed E-state index contributed by atoms with van der Waals surface area (Å²) < 4.78 is 6.32. The minimum absolute atomic E-state index is 0.0759. The van der Waals surface area contributed by atoms with Crippen molar-refractivity contribution < 1.29 is 9.53 Å². The summed E-state index contributed by atoms with van der Waals surface area (Å²) in [5, 5.41) is 4.03. The Morgan fingerprint density at radius 1 is 1.12 bits per heavy atom. The number of carbonyl (C=O) groups excluding carboxylic acids is 1. The Balaban J connectivity index is 1.41. The van der Waals surface area contributed by atoms with Crippen molar-refractivity contribution in [1.29, 1.82) is 0 Å². The number of para-hydroxylation sites is 1. The van der Waals surface area contributed by atoms with Gasteiger partial charge in [0.05, 0.1) is 22.3 Å². The fraction of sp³-hybridized carbons (Fsp3) is 0.263. The fourth-order valence-electron chi connectivity index (χ4n) is 2.47. The number of carbonyl (C=O) groups is 1. The van der Waals surface area contributed by atoms with E-state index in [1.807, 2.05) is 42.5 Å². The van der Waals surface area contributed by atoms with Crippen LogP contribution in [-0.4, -0.2) is 24.5 Å².